The van der Waals surface area contributed by atoms with Gasteiger partial charge in [-0.15, -0.1) is 0 Å². The number of likely N-dealkylation sites (N-methyl/N-ethyl adjacent to an activating group) is 1. The average Bonchev–Trinajstić information content (AvgIpc) is 2.68. The van der Waals surface area contributed by atoms with Crippen molar-refractivity contribution in [2.45, 2.75) is 135 Å². The number of carboxylic acids is 1. The highest BCUT2D eigenvalue weighted by atomic mass is 16.4. The number of amides is 1. The van der Waals surface area contributed by atoms with Gasteiger partial charge in [-0.2, -0.15) is 0 Å². The monoisotopic (exact) mass is 397 g/mol. The Morgan fingerprint density at radius 1 is 0.679 bits per heavy atom. The summed E-state index contributed by atoms with van der Waals surface area (Å²) in [7, 11) is 1.65. The van der Waals surface area contributed by atoms with E-state index in [-0.39, 0.29) is 5.91 Å². The van der Waals surface area contributed by atoms with Gasteiger partial charge in [-0.05, 0) is 12.8 Å². The highest BCUT2D eigenvalue weighted by molar-refractivity contribution is 5.83. The number of unbranched alkanes of at least 4 members (excludes halogenated alkanes) is 14. The number of carboxylic acid groups (broad SMARTS) is 1. The summed E-state index contributed by atoms with van der Waals surface area (Å²) in [6.07, 6.45) is 20.7. The van der Waals surface area contributed by atoms with Gasteiger partial charge in [-0.1, -0.05) is 110 Å². The van der Waals surface area contributed by atoms with Crippen molar-refractivity contribution in [3.8, 4) is 0 Å². The predicted octanol–water partition coefficient (Wildman–Crippen LogP) is 6.96. The van der Waals surface area contributed by atoms with Crippen LogP contribution >= 0.6 is 0 Å². The van der Waals surface area contributed by atoms with E-state index in [1.165, 1.54) is 75.5 Å². The van der Waals surface area contributed by atoms with Gasteiger partial charge >= 0.3 is 5.97 Å². The zero-order chi connectivity index (χ0) is 21.0. The third-order valence-corrected chi connectivity index (χ3v) is 5.72. The van der Waals surface area contributed by atoms with Crippen LogP contribution in [0.2, 0.25) is 0 Å². The second kappa shape index (κ2) is 19.3. The van der Waals surface area contributed by atoms with Gasteiger partial charge in [0.2, 0.25) is 5.91 Å². The Hall–Kier alpha value is -1.06. The number of aliphatic carboxylic acids is 1. The second-order valence-electron chi connectivity index (χ2n) is 8.35. The van der Waals surface area contributed by atoms with E-state index in [9.17, 15) is 14.7 Å². The Bertz CT molecular complexity index is 384. The fourth-order valence-electron chi connectivity index (χ4n) is 3.71. The second-order valence-corrected chi connectivity index (χ2v) is 8.35. The van der Waals surface area contributed by atoms with Gasteiger partial charge in [0, 0.05) is 13.5 Å². The van der Waals surface area contributed by atoms with Crippen molar-refractivity contribution in [3.63, 3.8) is 0 Å². The quantitative estimate of drug-likeness (QED) is 0.226. The van der Waals surface area contributed by atoms with Gasteiger partial charge in [0.05, 0.1) is 0 Å². The molecule has 166 valence electrons. The summed E-state index contributed by atoms with van der Waals surface area (Å²) < 4.78 is 0. The summed E-state index contributed by atoms with van der Waals surface area (Å²) in [5, 5.41) is 9.38. The van der Waals surface area contributed by atoms with Crippen LogP contribution in [-0.2, 0) is 9.59 Å². The molecule has 0 aliphatic rings. The van der Waals surface area contributed by atoms with Gasteiger partial charge in [0.15, 0.2) is 0 Å². The van der Waals surface area contributed by atoms with E-state index in [1.54, 1.807) is 7.05 Å². The van der Waals surface area contributed by atoms with Crippen molar-refractivity contribution < 1.29 is 14.7 Å². The lowest BCUT2D eigenvalue weighted by atomic mass is 10.0. The Morgan fingerprint density at radius 2 is 1.07 bits per heavy atom. The number of hydrogen-bond acceptors (Lipinski definition) is 2. The van der Waals surface area contributed by atoms with E-state index in [0.29, 0.717) is 12.8 Å². The minimum Gasteiger partial charge on any atom is -0.480 e. The van der Waals surface area contributed by atoms with E-state index >= 15 is 0 Å². The molecule has 0 aromatic carbocycles. The van der Waals surface area contributed by atoms with E-state index in [1.807, 2.05) is 0 Å². The molecule has 1 N–H and O–H groups in total. The zero-order valence-electron chi connectivity index (χ0n) is 19.0. The first-order valence-electron chi connectivity index (χ1n) is 12.0. The van der Waals surface area contributed by atoms with Crippen molar-refractivity contribution in [1.82, 2.24) is 4.90 Å². The van der Waals surface area contributed by atoms with Crippen LogP contribution in [0.25, 0.3) is 0 Å². The van der Waals surface area contributed by atoms with Crippen LogP contribution in [0.15, 0.2) is 0 Å². The van der Waals surface area contributed by atoms with Gasteiger partial charge in [-0.25, -0.2) is 4.79 Å². The Labute approximate surface area is 174 Å². The first-order chi connectivity index (χ1) is 13.5. The van der Waals surface area contributed by atoms with Crippen LogP contribution in [0.1, 0.15) is 129 Å². The topological polar surface area (TPSA) is 57.6 Å². The lowest BCUT2D eigenvalue weighted by Gasteiger charge is -2.25. The Balaban J connectivity index is 3.65. The number of carbonyl (C=O) groups is 2. The summed E-state index contributed by atoms with van der Waals surface area (Å²) in [6.45, 7) is 4.36. The standard InChI is InChI=1S/C24H47NO3/c1-4-6-8-9-10-11-12-13-14-15-16-17-19-21-23(26)25(3)22(24(27)28)20-18-7-5-2/h22H,4-21H2,1-3H3,(H,27,28). The Morgan fingerprint density at radius 3 is 1.50 bits per heavy atom. The third kappa shape index (κ3) is 14.9. The number of nitrogens with zero attached hydrogens (tertiary/aromatic N) is 1. The number of hydrogen-bond donors (Lipinski definition) is 1. The fourth-order valence-corrected chi connectivity index (χ4v) is 3.71. The van der Waals surface area contributed by atoms with E-state index in [4.69, 9.17) is 0 Å². The Kier molecular flexibility index (Phi) is 18.5. The minimum absolute atomic E-state index is 0.0213. The molecule has 4 heteroatoms. The molecule has 0 aromatic heterocycles. The number of carbonyl (C=O) groups excluding carboxylic acids is 1. The molecule has 0 aliphatic carbocycles. The lowest BCUT2D eigenvalue weighted by molar-refractivity contribution is -0.149. The minimum atomic E-state index is -0.877. The first kappa shape index (κ1) is 26.9. The van der Waals surface area contributed by atoms with Crippen LogP contribution in [0.4, 0.5) is 0 Å². The molecule has 0 saturated carbocycles. The largest absolute Gasteiger partial charge is 0.480 e. The molecular weight excluding hydrogens is 350 g/mol. The van der Waals surface area contributed by atoms with Crippen LogP contribution in [0, 0.1) is 0 Å². The molecule has 0 heterocycles. The first-order valence-corrected chi connectivity index (χ1v) is 12.0. The van der Waals surface area contributed by atoms with E-state index < -0.39 is 12.0 Å². The fraction of sp³-hybridized carbons (Fsp3) is 0.917. The van der Waals surface area contributed by atoms with Crippen LogP contribution < -0.4 is 0 Å². The molecule has 1 atom stereocenters. The smallest absolute Gasteiger partial charge is 0.326 e. The van der Waals surface area contributed by atoms with Crippen molar-refractivity contribution >= 4 is 11.9 Å². The van der Waals surface area contributed by atoms with Crippen LogP contribution in [0.3, 0.4) is 0 Å². The summed E-state index contributed by atoms with van der Waals surface area (Å²) in [6, 6.07) is -0.666. The molecule has 4 nitrogen and oxygen atoms in total. The van der Waals surface area contributed by atoms with Gasteiger partial charge in [0.1, 0.15) is 6.04 Å². The molecule has 1 amide bonds. The third-order valence-electron chi connectivity index (χ3n) is 5.72. The molecule has 28 heavy (non-hydrogen) atoms. The maximum absolute atomic E-state index is 12.3. The SMILES string of the molecule is CCCCCCCCCCCCCCCC(=O)N(C)C(CCCCC)C(=O)O. The molecule has 0 aliphatic heterocycles. The van der Waals surface area contributed by atoms with Crippen molar-refractivity contribution in [3.05, 3.63) is 0 Å². The van der Waals surface area contributed by atoms with E-state index in [2.05, 4.69) is 13.8 Å². The van der Waals surface area contributed by atoms with E-state index in [0.717, 1.165) is 32.1 Å². The summed E-state index contributed by atoms with van der Waals surface area (Å²) in [5.74, 6) is -0.899. The van der Waals surface area contributed by atoms with Crippen molar-refractivity contribution in [1.29, 1.82) is 0 Å². The average molecular weight is 398 g/mol. The molecule has 0 spiro atoms. The molecule has 0 radical (unpaired) electrons. The highest BCUT2D eigenvalue weighted by Gasteiger charge is 2.25. The van der Waals surface area contributed by atoms with Gasteiger partial charge < -0.3 is 10.0 Å². The molecule has 0 fully saturated rings. The maximum Gasteiger partial charge on any atom is 0.326 e. The summed E-state index contributed by atoms with van der Waals surface area (Å²) in [5.41, 5.74) is 0. The zero-order valence-corrected chi connectivity index (χ0v) is 19.0. The molecular formula is C24H47NO3. The summed E-state index contributed by atoms with van der Waals surface area (Å²) in [4.78, 5) is 25.2. The maximum atomic E-state index is 12.3. The lowest BCUT2D eigenvalue weighted by Crippen LogP contribution is -2.42. The van der Waals surface area contributed by atoms with Gasteiger partial charge in [-0.3, -0.25) is 4.79 Å². The normalized spacial score (nSPS) is 12.1. The molecule has 0 bridgehead atoms. The van der Waals surface area contributed by atoms with Gasteiger partial charge in [0.25, 0.3) is 0 Å². The molecule has 0 saturated heterocycles. The van der Waals surface area contributed by atoms with Crippen molar-refractivity contribution in [2.24, 2.45) is 0 Å². The predicted molar refractivity (Wildman–Crippen MR) is 119 cm³/mol. The highest BCUT2D eigenvalue weighted by Crippen LogP contribution is 2.15. The molecule has 0 aromatic rings. The van der Waals surface area contributed by atoms with Crippen molar-refractivity contribution in [2.75, 3.05) is 7.05 Å². The summed E-state index contributed by atoms with van der Waals surface area (Å²) >= 11 is 0. The molecule has 1 unspecified atom stereocenters. The van der Waals surface area contributed by atoms with Crippen LogP contribution in [-0.4, -0.2) is 35.0 Å². The van der Waals surface area contributed by atoms with Crippen LogP contribution in [0.5, 0.6) is 0 Å². The molecule has 0 rings (SSSR count). The number of rotatable bonds is 20.